The summed E-state index contributed by atoms with van der Waals surface area (Å²) in [5, 5.41) is 0. The number of halogens is 2. The molecule has 0 radical (unpaired) electrons. The largest absolute Gasteiger partial charge is 0.147 e. The molecule has 0 N–H and O–H groups in total. The molecule has 0 atom stereocenters. The average Bonchev–Trinajstić information content (AvgIpc) is 3.32. The van der Waals surface area contributed by atoms with Gasteiger partial charge in [-0.2, -0.15) is 0 Å². The second-order valence-corrected chi connectivity index (χ2v) is 16.3. The normalized spacial score (nSPS) is 13.9. The van der Waals surface area contributed by atoms with Crippen LogP contribution in [0, 0.1) is 13.8 Å². The van der Waals surface area contributed by atoms with Crippen LogP contribution in [0.5, 0.6) is 0 Å². The second-order valence-electron chi connectivity index (χ2n) is 8.90. The van der Waals surface area contributed by atoms with Crippen LogP contribution in [0.15, 0.2) is 82.2 Å². The molecule has 0 bridgehead atoms. The second kappa shape index (κ2) is 10.2. The van der Waals surface area contributed by atoms with Crippen molar-refractivity contribution in [3.8, 4) is 11.1 Å². The molecule has 5 rings (SSSR count). The fraction of sp³-hybridized carbons (Fsp3) is 0.207. The van der Waals surface area contributed by atoms with E-state index in [9.17, 15) is 0 Å². The summed E-state index contributed by atoms with van der Waals surface area (Å²) in [6.45, 7) is 9.25. The smallest absolute Gasteiger partial charge is 0.147 e. The van der Waals surface area contributed by atoms with E-state index in [1.807, 2.05) is 0 Å². The molecule has 0 nitrogen and oxygen atoms in total. The topological polar surface area (TPSA) is 0 Å². The monoisotopic (exact) mass is 538 g/mol. The van der Waals surface area contributed by atoms with E-state index in [1.165, 1.54) is 33.4 Å². The van der Waals surface area contributed by atoms with Crippen LogP contribution >= 0.6 is 24.8 Å². The van der Waals surface area contributed by atoms with Crippen molar-refractivity contribution in [2.24, 2.45) is 0 Å². The molecule has 164 valence electrons. The molecule has 0 unspecified atom stereocenters. The number of rotatable bonds is 3. The molecule has 0 aliphatic heterocycles. The maximum Gasteiger partial charge on any atom is -0.147 e. The van der Waals surface area contributed by atoms with Gasteiger partial charge in [-0.25, -0.2) is 0 Å². The Labute approximate surface area is 212 Å². The van der Waals surface area contributed by atoms with Crippen LogP contribution in [0.1, 0.15) is 51.7 Å². The first-order valence-electron chi connectivity index (χ1n) is 10.9. The van der Waals surface area contributed by atoms with Crippen molar-refractivity contribution >= 4 is 33.6 Å². The van der Waals surface area contributed by atoms with Crippen LogP contribution in [0.2, 0.25) is 0 Å². The number of fused-ring (bicyclic) bond motifs is 3. The maximum atomic E-state index is 2.41. The number of hydrogen-bond acceptors (Lipinski definition) is 0. The first-order chi connectivity index (χ1) is 14.5. The molecule has 0 aromatic heterocycles. The van der Waals surface area contributed by atoms with Crippen molar-refractivity contribution in [2.45, 2.75) is 37.7 Å². The van der Waals surface area contributed by atoms with E-state index < -0.39 is 21.3 Å². The van der Waals surface area contributed by atoms with Gasteiger partial charge in [0.05, 0.1) is 0 Å². The Hall–Kier alpha value is -1.53. The molecule has 3 aromatic rings. The van der Waals surface area contributed by atoms with Crippen LogP contribution in [0.4, 0.5) is 0 Å². The predicted octanol–water partition coefficient (Wildman–Crippen LogP) is 8.42. The van der Waals surface area contributed by atoms with E-state index in [0.29, 0.717) is 3.63 Å². The third kappa shape index (κ3) is 4.33. The maximum absolute atomic E-state index is 2.41. The SMILES string of the molecule is C[C](C)=[Zr]([C]1=C(c2cc(C)cc(C)c2)C=CC1)[CH]1c2ccccc2-c2ccccc21.Cl.Cl. The van der Waals surface area contributed by atoms with Gasteiger partial charge in [0.1, 0.15) is 0 Å². The van der Waals surface area contributed by atoms with Crippen molar-refractivity contribution < 1.29 is 21.3 Å². The molecular weight excluding hydrogens is 510 g/mol. The minimum atomic E-state index is -2.17. The van der Waals surface area contributed by atoms with Crippen LogP contribution in [0.25, 0.3) is 16.7 Å². The van der Waals surface area contributed by atoms with Gasteiger partial charge in [0, 0.05) is 0 Å². The van der Waals surface area contributed by atoms with Crippen molar-refractivity contribution in [3.63, 3.8) is 0 Å². The summed E-state index contributed by atoms with van der Waals surface area (Å²) in [7, 11) is 0. The Morgan fingerprint density at radius 1 is 0.781 bits per heavy atom. The van der Waals surface area contributed by atoms with Crippen LogP contribution in [-0.2, 0) is 21.3 Å². The van der Waals surface area contributed by atoms with Crippen molar-refractivity contribution in [3.05, 3.63) is 110 Å². The molecule has 0 amide bonds. The van der Waals surface area contributed by atoms with Crippen molar-refractivity contribution in [1.29, 1.82) is 0 Å². The Morgan fingerprint density at radius 3 is 1.84 bits per heavy atom. The Kier molecular flexibility index (Phi) is 7.98. The van der Waals surface area contributed by atoms with E-state index in [1.54, 1.807) is 17.6 Å². The molecule has 2 aliphatic rings. The molecule has 0 saturated heterocycles. The molecule has 3 aromatic carbocycles. The summed E-state index contributed by atoms with van der Waals surface area (Å²) in [6.07, 6.45) is 5.93. The number of allylic oxidation sites excluding steroid dienone is 4. The van der Waals surface area contributed by atoms with Gasteiger partial charge in [0.15, 0.2) is 0 Å². The summed E-state index contributed by atoms with van der Waals surface area (Å²) >= 11 is -2.17. The molecular formula is C29H30Cl2Zr. The quantitative estimate of drug-likeness (QED) is 0.313. The van der Waals surface area contributed by atoms with Gasteiger partial charge in [-0.05, 0) is 0 Å². The Bertz CT molecular complexity index is 1190. The molecule has 0 saturated carbocycles. The molecule has 32 heavy (non-hydrogen) atoms. The fourth-order valence-electron chi connectivity index (χ4n) is 5.39. The fourth-order valence-corrected chi connectivity index (χ4v) is 14.0. The van der Waals surface area contributed by atoms with E-state index in [2.05, 4.69) is 107 Å². The molecule has 3 heteroatoms. The zero-order chi connectivity index (χ0) is 20.8. The van der Waals surface area contributed by atoms with Gasteiger partial charge >= 0.3 is 189 Å². The zero-order valence-electron chi connectivity index (χ0n) is 19.1. The summed E-state index contributed by atoms with van der Waals surface area (Å²) in [5.41, 5.74) is 11.7. The van der Waals surface area contributed by atoms with Crippen LogP contribution in [0.3, 0.4) is 0 Å². The number of hydrogen-bond donors (Lipinski definition) is 0. The molecule has 0 heterocycles. The summed E-state index contributed by atoms with van der Waals surface area (Å²) in [4.78, 5) is 0. The van der Waals surface area contributed by atoms with Gasteiger partial charge in [-0.15, -0.1) is 24.8 Å². The zero-order valence-corrected chi connectivity index (χ0v) is 23.2. The molecule has 0 spiro atoms. The van der Waals surface area contributed by atoms with Crippen LogP contribution < -0.4 is 0 Å². The number of aryl methyl sites for hydroxylation is 2. The summed E-state index contributed by atoms with van der Waals surface area (Å²) < 4.78 is 4.04. The standard InChI is InChI=1S/C13H9.C13H13.C3H6.2ClH.Zr/c1-3-7-12-10(5-1)9-11-6-2-4-8-13(11)12;1-10-7-11(2)9-13(8-10)12-5-3-4-6-12;1-3-2;;;/h1-9H;3,5,7-9H,4H2,1-2H3;1-2H3;2*1H;. The van der Waals surface area contributed by atoms with Gasteiger partial charge < -0.3 is 0 Å². The molecule has 2 aliphatic carbocycles. The molecule has 0 fully saturated rings. The Balaban J connectivity index is 0.00000144. The third-order valence-electron chi connectivity index (χ3n) is 6.45. The van der Waals surface area contributed by atoms with E-state index in [0.717, 1.165) is 6.42 Å². The van der Waals surface area contributed by atoms with Gasteiger partial charge in [0.25, 0.3) is 0 Å². The van der Waals surface area contributed by atoms with E-state index >= 15 is 0 Å². The number of benzene rings is 3. The average molecular weight is 541 g/mol. The Morgan fingerprint density at radius 2 is 1.31 bits per heavy atom. The van der Waals surface area contributed by atoms with E-state index in [-0.39, 0.29) is 24.8 Å². The van der Waals surface area contributed by atoms with Gasteiger partial charge in [0.2, 0.25) is 0 Å². The third-order valence-corrected chi connectivity index (χ3v) is 14.8. The first kappa shape index (κ1) is 25.1. The van der Waals surface area contributed by atoms with E-state index in [4.69, 9.17) is 0 Å². The van der Waals surface area contributed by atoms with Crippen LogP contribution in [-0.4, -0.2) is 3.21 Å². The summed E-state index contributed by atoms with van der Waals surface area (Å²) in [5.74, 6) is 0. The minimum Gasteiger partial charge on any atom is -0.147 e. The van der Waals surface area contributed by atoms with Crippen molar-refractivity contribution in [1.82, 2.24) is 0 Å². The predicted molar refractivity (Wildman–Crippen MR) is 141 cm³/mol. The van der Waals surface area contributed by atoms with Gasteiger partial charge in [-0.3, -0.25) is 0 Å². The van der Waals surface area contributed by atoms with Crippen molar-refractivity contribution in [2.75, 3.05) is 0 Å². The van der Waals surface area contributed by atoms with Gasteiger partial charge in [-0.1, -0.05) is 0 Å². The first-order valence-corrected chi connectivity index (χ1v) is 14.8. The summed E-state index contributed by atoms with van der Waals surface area (Å²) in [6, 6.07) is 25.3. The minimum absolute atomic E-state index is 0.